The number of nitrogens with zero attached hydrogens (tertiary/aromatic N) is 2. The van der Waals surface area contributed by atoms with Gasteiger partial charge in [-0.2, -0.15) is 5.10 Å². The molecule has 1 aromatic rings. The molecule has 0 saturated carbocycles. The second kappa shape index (κ2) is 7.98. The molecule has 2 atom stereocenters. The topological polar surface area (TPSA) is 65.1 Å². The van der Waals surface area contributed by atoms with Crippen LogP contribution in [0.25, 0.3) is 0 Å². The molecule has 2 unspecified atom stereocenters. The van der Waals surface area contributed by atoms with Gasteiger partial charge in [0.2, 0.25) is 0 Å². The Kier molecular flexibility index (Phi) is 6.95. The molecule has 0 aliphatic rings. The van der Waals surface area contributed by atoms with Crippen LogP contribution in [0.4, 0.5) is 0 Å². The van der Waals surface area contributed by atoms with E-state index < -0.39 is 0 Å². The summed E-state index contributed by atoms with van der Waals surface area (Å²) in [4.78, 5) is 0. The van der Waals surface area contributed by atoms with Crippen LogP contribution in [-0.4, -0.2) is 28.5 Å². The fourth-order valence-electron chi connectivity index (χ4n) is 2.49. The lowest BCUT2D eigenvalue weighted by atomic mass is 9.96. The van der Waals surface area contributed by atoms with Gasteiger partial charge in [0.05, 0.1) is 28.6 Å². The first-order chi connectivity index (χ1) is 9.46. The van der Waals surface area contributed by atoms with Crippen LogP contribution in [0.5, 0.6) is 0 Å². The molecule has 0 spiro atoms. The van der Waals surface area contributed by atoms with Crippen molar-refractivity contribution in [1.29, 1.82) is 0 Å². The number of nitrogens with two attached hydrogens (primary N) is 1. The Bertz CT molecular complexity index is 420. The van der Waals surface area contributed by atoms with E-state index in [0.29, 0.717) is 18.9 Å². The number of rotatable bonds is 8. The van der Waals surface area contributed by atoms with E-state index in [0.717, 1.165) is 22.8 Å². The van der Waals surface area contributed by atoms with E-state index in [-0.39, 0.29) is 12.1 Å². The van der Waals surface area contributed by atoms with Crippen LogP contribution < -0.4 is 11.3 Å². The Morgan fingerprint density at radius 2 is 2.05 bits per heavy atom. The molecule has 20 heavy (non-hydrogen) atoms. The van der Waals surface area contributed by atoms with Crippen molar-refractivity contribution in [3.8, 4) is 0 Å². The normalized spacial score (nSPS) is 14.8. The first-order valence-electron chi connectivity index (χ1n) is 7.24. The number of ether oxygens (including phenoxy) is 1. The van der Waals surface area contributed by atoms with Gasteiger partial charge in [-0.3, -0.25) is 16.0 Å². The van der Waals surface area contributed by atoms with Crippen LogP contribution >= 0.6 is 11.6 Å². The number of aryl methyl sites for hydroxylation is 2. The minimum atomic E-state index is 0.00700. The number of hydrogen-bond acceptors (Lipinski definition) is 4. The predicted octanol–water partition coefficient (Wildman–Crippen LogP) is 2.07. The highest BCUT2D eigenvalue weighted by Gasteiger charge is 2.27. The maximum Gasteiger partial charge on any atom is 0.0850 e. The Balaban J connectivity index is 2.95. The molecule has 116 valence electrons. The highest BCUT2D eigenvalue weighted by atomic mass is 35.5. The van der Waals surface area contributed by atoms with Crippen molar-refractivity contribution < 1.29 is 4.74 Å². The summed E-state index contributed by atoms with van der Waals surface area (Å²) in [6.45, 7) is 8.98. The standard InChI is InChI=1S/C14H27ClN4O/c1-6-10-13(15)12(19(5)18-10)8-11(17-16)14(9(3)4)20-7-2/h9,11,14,17H,6-8,16H2,1-5H3. The zero-order valence-electron chi connectivity index (χ0n) is 13.1. The van der Waals surface area contributed by atoms with Crippen LogP contribution in [-0.2, 0) is 24.6 Å². The summed E-state index contributed by atoms with van der Waals surface area (Å²) >= 11 is 6.40. The fraction of sp³-hybridized carbons (Fsp3) is 0.786. The summed E-state index contributed by atoms with van der Waals surface area (Å²) in [6, 6.07) is 0.00700. The number of hydrazine groups is 1. The van der Waals surface area contributed by atoms with Gasteiger partial charge in [0.1, 0.15) is 0 Å². The summed E-state index contributed by atoms with van der Waals surface area (Å²) < 4.78 is 7.67. The summed E-state index contributed by atoms with van der Waals surface area (Å²) in [5, 5.41) is 5.19. The van der Waals surface area contributed by atoms with Gasteiger partial charge in [-0.05, 0) is 19.3 Å². The smallest absolute Gasteiger partial charge is 0.0850 e. The average molecular weight is 303 g/mol. The van der Waals surface area contributed by atoms with Gasteiger partial charge >= 0.3 is 0 Å². The van der Waals surface area contributed by atoms with Gasteiger partial charge < -0.3 is 4.74 Å². The summed E-state index contributed by atoms with van der Waals surface area (Å²) in [5.74, 6) is 6.10. The first-order valence-corrected chi connectivity index (χ1v) is 7.61. The molecule has 0 amide bonds. The molecule has 1 rings (SSSR count). The van der Waals surface area contributed by atoms with Crippen LogP contribution in [0.1, 0.15) is 39.1 Å². The molecule has 0 saturated heterocycles. The fourth-order valence-corrected chi connectivity index (χ4v) is 2.86. The van der Waals surface area contributed by atoms with Crippen molar-refractivity contribution in [3.05, 3.63) is 16.4 Å². The van der Waals surface area contributed by atoms with Crippen molar-refractivity contribution in [2.24, 2.45) is 18.8 Å². The van der Waals surface area contributed by atoms with Crippen LogP contribution in [0.3, 0.4) is 0 Å². The van der Waals surface area contributed by atoms with E-state index in [1.165, 1.54) is 0 Å². The quantitative estimate of drug-likeness (QED) is 0.570. The van der Waals surface area contributed by atoms with E-state index in [4.69, 9.17) is 22.2 Å². The molecular weight excluding hydrogens is 276 g/mol. The molecule has 0 radical (unpaired) electrons. The molecule has 6 heteroatoms. The van der Waals surface area contributed by atoms with Gasteiger partial charge in [0.25, 0.3) is 0 Å². The lowest BCUT2D eigenvalue weighted by Gasteiger charge is -2.29. The second-order valence-corrected chi connectivity index (χ2v) is 5.70. The van der Waals surface area contributed by atoms with E-state index >= 15 is 0 Å². The lowest BCUT2D eigenvalue weighted by Crippen LogP contribution is -2.49. The number of halogens is 1. The monoisotopic (exact) mass is 302 g/mol. The third kappa shape index (κ3) is 3.95. The molecule has 0 aromatic carbocycles. The minimum Gasteiger partial charge on any atom is -0.377 e. The molecule has 0 aliphatic heterocycles. The predicted molar refractivity (Wildman–Crippen MR) is 82.7 cm³/mol. The highest BCUT2D eigenvalue weighted by Crippen LogP contribution is 2.24. The summed E-state index contributed by atoms with van der Waals surface area (Å²) in [7, 11) is 1.92. The van der Waals surface area contributed by atoms with Crippen molar-refractivity contribution >= 4 is 11.6 Å². The van der Waals surface area contributed by atoms with E-state index in [1.54, 1.807) is 0 Å². The summed E-state index contributed by atoms with van der Waals surface area (Å²) in [5.41, 5.74) is 4.80. The highest BCUT2D eigenvalue weighted by molar-refractivity contribution is 6.31. The molecule has 1 heterocycles. The van der Waals surface area contributed by atoms with Crippen molar-refractivity contribution in [1.82, 2.24) is 15.2 Å². The number of hydrogen-bond donors (Lipinski definition) is 2. The van der Waals surface area contributed by atoms with E-state index in [1.807, 2.05) is 25.6 Å². The largest absolute Gasteiger partial charge is 0.377 e. The SMILES string of the molecule is CCOC(C(C)C)C(Cc1c(Cl)c(CC)nn1C)NN. The summed E-state index contributed by atoms with van der Waals surface area (Å²) in [6.07, 6.45) is 1.56. The maximum absolute atomic E-state index is 6.40. The van der Waals surface area contributed by atoms with Crippen molar-refractivity contribution in [3.63, 3.8) is 0 Å². The minimum absolute atomic E-state index is 0.00700. The third-order valence-corrected chi connectivity index (χ3v) is 3.98. The molecule has 1 aromatic heterocycles. The zero-order valence-corrected chi connectivity index (χ0v) is 13.9. The molecular formula is C14H27ClN4O. The Hall–Kier alpha value is -0.620. The van der Waals surface area contributed by atoms with E-state index in [2.05, 4.69) is 24.4 Å². The van der Waals surface area contributed by atoms with Crippen LogP contribution in [0.15, 0.2) is 0 Å². The van der Waals surface area contributed by atoms with Crippen molar-refractivity contribution in [2.45, 2.75) is 52.7 Å². The van der Waals surface area contributed by atoms with Gasteiger partial charge in [-0.15, -0.1) is 0 Å². The number of nitrogens with one attached hydrogen (secondary N) is 1. The Labute approximate surface area is 126 Å². The van der Waals surface area contributed by atoms with Crippen LogP contribution in [0.2, 0.25) is 5.02 Å². The van der Waals surface area contributed by atoms with Gasteiger partial charge in [-0.1, -0.05) is 32.4 Å². The van der Waals surface area contributed by atoms with Gasteiger partial charge in [0.15, 0.2) is 0 Å². The lowest BCUT2D eigenvalue weighted by molar-refractivity contribution is 0.00317. The van der Waals surface area contributed by atoms with Gasteiger partial charge in [-0.25, -0.2) is 0 Å². The molecule has 5 nitrogen and oxygen atoms in total. The first kappa shape index (κ1) is 17.4. The van der Waals surface area contributed by atoms with Crippen LogP contribution in [0, 0.1) is 5.92 Å². The van der Waals surface area contributed by atoms with Crippen molar-refractivity contribution in [2.75, 3.05) is 6.61 Å². The van der Waals surface area contributed by atoms with Gasteiger partial charge in [0, 0.05) is 20.1 Å². The zero-order chi connectivity index (χ0) is 15.3. The Morgan fingerprint density at radius 3 is 2.45 bits per heavy atom. The van der Waals surface area contributed by atoms with E-state index in [9.17, 15) is 0 Å². The second-order valence-electron chi connectivity index (χ2n) is 5.33. The average Bonchev–Trinajstić information content (AvgIpc) is 2.68. The Morgan fingerprint density at radius 1 is 1.40 bits per heavy atom. The molecule has 0 aliphatic carbocycles. The molecule has 3 N–H and O–H groups in total. The molecule has 0 fully saturated rings. The number of aromatic nitrogens is 2. The maximum atomic E-state index is 6.40. The molecule has 0 bridgehead atoms. The third-order valence-electron chi connectivity index (χ3n) is 3.54.